The number of imide groups is 1. The van der Waals surface area contributed by atoms with E-state index >= 15 is 0 Å². The van der Waals surface area contributed by atoms with E-state index in [0.717, 1.165) is 0 Å². The summed E-state index contributed by atoms with van der Waals surface area (Å²) in [6.45, 7) is -0.177. The van der Waals surface area contributed by atoms with Crippen molar-refractivity contribution in [2.45, 2.75) is 31.8 Å². The third-order valence-corrected chi connectivity index (χ3v) is 4.37. The van der Waals surface area contributed by atoms with Gasteiger partial charge in [0.25, 0.3) is 5.91 Å². The number of hydrogen-bond donors (Lipinski definition) is 3. The van der Waals surface area contributed by atoms with Crippen LogP contribution >= 0.6 is 0 Å². The fraction of sp³-hybridized carbons (Fsp3) is 0.353. The molecule has 1 fully saturated rings. The summed E-state index contributed by atoms with van der Waals surface area (Å²) in [7, 11) is 0. The van der Waals surface area contributed by atoms with Gasteiger partial charge in [0.2, 0.25) is 11.8 Å². The maximum absolute atomic E-state index is 12.7. The Labute approximate surface area is 153 Å². The Kier molecular flexibility index (Phi) is 5.06. The number of fused-ring (bicyclic) bond motifs is 1. The molecular formula is C17H17N3O7. The molecule has 3 N–H and O–H groups in total. The molecule has 1 saturated heterocycles. The molecule has 142 valence electrons. The predicted molar refractivity (Wildman–Crippen MR) is 89.7 cm³/mol. The van der Waals surface area contributed by atoms with Crippen LogP contribution in [-0.2, 0) is 25.7 Å². The van der Waals surface area contributed by atoms with Gasteiger partial charge in [0.15, 0.2) is 0 Å². The summed E-state index contributed by atoms with van der Waals surface area (Å²) in [4.78, 5) is 59.7. The number of carbonyl (C=O) groups excluding carboxylic acids is 4. The Morgan fingerprint density at radius 3 is 2.78 bits per heavy atom. The van der Waals surface area contributed by atoms with Crippen molar-refractivity contribution < 1.29 is 33.8 Å². The number of carboxylic acid groups (broad SMARTS) is 1. The monoisotopic (exact) mass is 375 g/mol. The maximum Gasteiger partial charge on any atom is 0.411 e. The van der Waals surface area contributed by atoms with Crippen LogP contribution in [0.3, 0.4) is 0 Å². The number of rotatable bonds is 5. The van der Waals surface area contributed by atoms with Gasteiger partial charge in [0.1, 0.15) is 12.6 Å². The van der Waals surface area contributed by atoms with Crippen molar-refractivity contribution in [2.75, 3.05) is 11.9 Å². The van der Waals surface area contributed by atoms with E-state index in [1.807, 2.05) is 0 Å². The van der Waals surface area contributed by atoms with E-state index in [4.69, 9.17) is 9.84 Å². The zero-order valence-corrected chi connectivity index (χ0v) is 14.2. The number of anilines is 1. The lowest BCUT2D eigenvalue weighted by atomic mass is 10.0. The molecule has 0 bridgehead atoms. The fourth-order valence-electron chi connectivity index (χ4n) is 3.08. The Morgan fingerprint density at radius 1 is 1.30 bits per heavy atom. The summed E-state index contributed by atoms with van der Waals surface area (Å²) in [6.07, 6.45) is -0.763. The van der Waals surface area contributed by atoms with Gasteiger partial charge in [-0.25, -0.2) is 4.79 Å². The molecule has 1 atom stereocenters. The molecule has 0 spiro atoms. The number of piperidine rings is 1. The Bertz CT molecular complexity index is 836. The number of amides is 4. The molecule has 2 heterocycles. The predicted octanol–water partition coefficient (Wildman–Crippen LogP) is 0.471. The summed E-state index contributed by atoms with van der Waals surface area (Å²) >= 11 is 0. The molecule has 2 aliphatic heterocycles. The first-order chi connectivity index (χ1) is 12.9. The van der Waals surface area contributed by atoms with E-state index in [2.05, 4.69) is 10.6 Å². The van der Waals surface area contributed by atoms with E-state index in [-0.39, 0.29) is 44.2 Å². The molecule has 2 aliphatic rings. The number of ether oxygens (including phenoxy) is 1. The average molecular weight is 375 g/mol. The smallest absolute Gasteiger partial charge is 0.411 e. The second-order valence-corrected chi connectivity index (χ2v) is 6.14. The van der Waals surface area contributed by atoms with Crippen molar-refractivity contribution in [3.8, 4) is 0 Å². The Hall–Kier alpha value is -3.43. The third-order valence-electron chi connectivity index (χ3n) is 4.37. The zero-order chi connectivity index (χ0) is 19.6. The molecule has 3 rings (SSSR count). The van der Waals surface area contributed by atoms with Gasteiger partial charge < -0.3 is 14.7 Å². The number of carboxylic acids is 1. The molecule has 0 saturated carbocycles. The molecule has 10 nitrogen and oxygen atoms in total. The molecular weight excluding hydrogens is 358 g/mol. The van der Waals surface area contributed by atoms with E-state index < -0.39 is 24.0 Å². The van der Waals surface area contributed by atoms with Gasteiger partial charge in [-0.05, 0) is 18.6 Å². The second-order valence-electron chi connectivity index (χ2n) is 6.14. The topological polar surface area (TPSA) is 142 Å². The lowest BCUT2D eigenvalue weighted by Crippen LogP contribution is -2.52. The van der Waals surface area contributed by atoms with Gasteiger partial charge in [-0.1, -0.05) is 6.07 Å². The SMILES string of the molecule is O=C(O)CCOC(=O)Nc1cccc2c1CN(C1CCC(=O)NC1=O)C2=O. The van der Waals surface area contributed by atoms with Crippen LogP contribution in [0.2, 0.25) is 0 Å². The highest BCUT2D eigenvalue weighted by atomic mass is 16.5. The lowest BCUT2D eigenvalue weighted by Gasteiger charge is -2.29. The highest BCUT2D eigenvalue weighted by molar-refractivity contribution is 6.06. The first-order valence-electron chi connectivity index (χ1n) is 8.29. The Balaban J connectivity index is 1.72. The molecule has 27 heavy (non-hydrogen) atoms. The number of benzene rings is 1. The van der Waals surface area contributed by atoms with E-state index in [1.165, 1.54) is 4.90 Å². The summed E-state index contributed by atoms with van der Waals surface area (Å²) in [5.41, 5.74) is 1.22. The minimum atomic E-state index is -1.09. The zero-order valence-electron chi connectivity index (χ0n) is 14.2. The van der Waals surface area contributed by atoms with Crippen LogP contribution in [0.25, 0.3) is 0 Å². The summed E-state index contributed by atoms with van der Waals surface area (Å²) in [6, 6.07) is 4.00. The number of carbonyl (C=O) groups is 5. The molecule has 0 radical (unpaired) electrons. The fourth-order valence-corrected chi connectivity index (χ4v) is 3.08. The Morgan fingerprint density at radius 2 is 2.07 bits per heavy atom. The van der Waals surface area contributed by atoms with E-state index in [1.54, 1.807) is 18.2 Å². The van der Waals surface area contributed by atoms with Crippen LogP contribution < -0.4 is 10.6 Å². The minimum absolute atomic E-state index is 0.103. The summed E-state index contributed by atoms with van der Waals surface area (Å²) in [5, 5.41) is 13.3. The van der Waals surface area contributed by atoms with Crippen molar-refractivity contribution in [3.05, 3.63) is 29.3 Å². The highest BCUT2D eigenvalue weighted by Gasteiger charge is 2.39. The second kappa shape index (κ2) is 7.44. The number of nitrogens with zero attached hydrogens (tertiary/aromatic N) is 1. The normalized spacial score (nSPS) is 18.7. The van der Waals surface area contributed by atoms with Gasteiger partial charge in [0, 0.05) is 29.8 Å². The number of hydrogen-bond acceptors (Lipinski definition) is 6. The molecule has 4 amide bonds. The van der Waals surface area contributed by atoms with Crippen LogP contribution in [0.4, 0.5) is 10.5 Å². The quantitative estimate of drug-likeness (QED) is 0.635. The van der Waals surface area contributed by atoms with Crippen molar-refractivity contribution in [1.29, 1.82) is 0 Å². The average Bonchev–Trinajstić information content (AvgIpc) is 2.93. The van der Waals surface area contributed by atoms with Gasteiger partial charge in [0.05, 0.1) is 6.42 Å². The maximum atomic E-state index is 12.7. The molecule has 0 aliphatic carbocycles. The first kappa shape index (κ1) is 18.4. The molecule has 1 aromatic rings. The highest BCUT2D eigenvalue weighted by Crippen LogP contribution is 2.32. The van der Waals surface area contributed by atoms with Crippen LogP contribution in [-0.4, -0.2) is 52.4 Å². The largest absolute Gasteiger partial charge is 0.481 e. The number of aliphatic carboxylic acids is 1. The molecule has 1 unspecified atom stereocenters. The lowest BCUT2D eigenvalue weighted by molar-refractivity contribution is -0.138. The minimum Gasteiger partial charge on any atom is -0.481 e. The van der Waals surface area contributed by atoms with Gasteiger partial charge in [-0.15, -0.1) is 0 Å². The summed E-state index contributed by atoms with van der Waals surface area (Å²) < 4.78 is 4.78. The van der Waals surface area contributed by atoms with Crippen molar-refractivity contribution >= 4 is 35.5 Å². The molecule has 0 aromatic heterocycles. The van der Waals surface area contributed by atoms with Crippen molar-refractivity contribution in [1.82, 2.24) is 10.2 Å². The third kappa shape index (κ3) is 3.89. The van der Waals surface area contributed by atoms with Crippen molar-refractivity contribution in [2.24, 2.45) is 0 Å². The number of nitrogens with one attached hydrogen (secondary N) is 2. The van der Waals surface area contributed by atoms with Crippen molar-refractivity contribution in [3.63, 3.8) is 0 Å². The van der Waals surface area contributed by atoms with Gasteiger partial charge in [-0.3, -0.25) is 29.8 Å². The standard InChI is InChI=1S/C17H17N3O7/c21-13-5-4-12(15(24)19-13)20-8-10-9(16(20)25)2-1-3-11(10)18-17(26)27-7-6-14(22)23/h1-3,12H,4-8H2,(H,18,26)(H,22,23)(H,19,21,24). The van der Waals surface area contributed by atoms with Crippen LogP contribution in [0.5, 0.6) is 0 Å². The van der Waals surface area contributed by atoms with E-state index in [0.29, 0.717) is 16.8 Å². The molecule has 1 aromatic carbocycles. The first-order valence-corrected chi connectivity index (χ1v) is 8.29. The molecule has 10 heteroatoms. The van der Waals surface area contributed by atoms with Crippen LogP contribution in [0.15, 0.2) is 18.2 Å². The van der Waals surface area contributed by atoms with Crippen LogP contribution in [0.1, 0.15) is 35.2 Å². The van der Waals surface area contributed by atoms with Gasteiger partial charge in [-0.2, -0.15) is 0 Å². The van der Waals surface area contributed by atoms with E-state index in [9.17, 15) is 24.0 Å². The van der Waals surface area contributed by atoms with Gasteiger partial charge >= 0.3 is 12.1 Å². The summed E-state index contributed by atoms with van der Waals surface area (Å²) in [5.74, 6) is -2.34. The van der Waals surface area contributed by atoms with Crippen LogP contribution in [0, 0.1) is 0 Å².